The van der Waals surface area contributed by atoms with Crippen molar-refractivity contribution in [1.29, 1.82) is 0 Å². The van der Waals surface area contributed by atoms with E-state index in [0.717, 1.165) is 17.7 Å². The van der Waals surface area contributed by atoms with Crippen molar-refractivity contribution in [1.82, 2.24) is 10.6 Å². The second-order valence-electron chi connectivity index (χ2n) is 6.14. The van der Waals surface area contributed by atoms with E-state index in [-0.39, 0.29) is 13.1 Å². The normalized spacial score (nSPS) is 13.8. The molecule has 0 aliphatic heterocycles. The Morgan fingerprint density at radius 2 is 1.70 bits per heavy atom. The number of nitrogens with one attached hydrogen (secondary N) is 2. The van der Waals surface area contributed by atoms with Crippen LogP contribution >= 0.6 is 0 Å². The predicted octanol–water partition coefficient (Wildman–Crippen LogP) is 3.03. The van der Waals surface area contributed by atoms with Gasteiger partial charge in [-0.2, -0.15) is 13.2 Å². The number of benzene rings is 2. The molecule has 0 heterocycles. The molecule has 8 heteroatoms. The summed E-state index contributed by atoms with van der Waals surface area (Å²) < 4.78 is 38.2. The van der Waals surface area contributed by atoms with E-state index in [4.69, 9.17) is 5.11 Å². The number of halogens is 3. The molecule has 0 saturated heterocycles. The zero-order valence-electron chi connectivity index (χ0n) is 14.4. The number of rotatable bonds is 8. The second kappa shape index (κ2) is 9.38. The number of hydrogen-bond donors (Lipinski definition) is 4. The summed E-state index contributed by atoms with van der Waals surface area (Å²) in [6.07, 6.45) is -6.43. The molecule has 0 fully saturated rings. The Balaban J connectivity index is 1.93. The third kappa shape index (κ3) is 6.92. The molecule has 0 saturated carbocycles. The molecule has 0 unspecified atom stereocenters. The molecule has 0 aromatic heterocycles. The Labute approximate surface area is 154 Å². The first-order chi connectivity index (χ1) is 12.8. The lowest BCUT2D eigenvalue weighted by molar-refractivity contribution is -0.137. The van der Waals surface area contributed by atoms with E-state index in [1.54, 1.807) is 6.07 Å². The third-order valence-corrected chi connectivity index (χ3v) is 4.01. The van der Waals surface area contributed by atoms with Gasteiger partial charge in [-0.1, -0.05) is 48.5 Å². The highest BCUT2D eigenvalue weighted by molar-refractivity contribution is 5.65. The first-order valence-corrected chi connectivity index (χ1v) is 8.34. The van der Waals surface area contributed by atoms with Crippen molar-refractivity contribution in [2.24, 2.45) is 0 Å². The monoisotopic (exact) mass is 382 g/mol. The summed E-state index contributed by atoms with van der Waals surface area (Å²) in [5.41, 5.74) is 0.535. The Morgan fingerprint density at radius 3 is 2.33 bits per heavy atom. The van der Waals surface area contributed by atoms with Gasteiger partial charge in [0.1, 0.15) is 0 Å². The van der Waals surface area contributed by atoms with Crippen LogP contribution in [0.5, 0.6) is 0 Å². The molecule has 0 aliphatic rings. The number of aliphatic hydroxyl groups is 1. The molecular weight excluding hydrogens is 361 g/mol. The number of amides is 1. The average molecular weight is 382 g/mol. The van der Waals surface area contributed by atoms with E-state index in [0.29, 0.717) is 12.0 Å². The van der Waals surface area contributed by atoms with E-state index in [1.807, 2.05) is 30.3 Å². The summed E-state index contributed by atoms with van der Waals surface area (Å²) in [4.78, 5) is 11.0. The first-order valence-electron chi connectivity index (χ1n) is 8.34. The molecule has 2 rings (SSSR count). The molecule has 0 radical (unpaired) electrons. The summed E-state index contributed by atoms with van der Waals surface area (Å²) in [6.45, 7) is 0.139. The van der Waals surface area contributed by atoms with Crippen LogP contribution in [0.25, 0.3) is 0 Å². The van der Waals surface area contributed by atoms with Crippen LogP contribution in [0.15, 0.2) is 54.6 Å². The van der Waals surface area contributed by atoms with Crippen LogP contribution < -0.4 is 10.6 Å². The molecule has 2 atom stereocenters. The minimum absolute atomic E-state index is 0.0219. The smallest absolute Gasteiger partial charge is 0.416 e. The lowest BCUT2D eigenvalue weighted by Crippen LogP contribution is -2.48. The lowest BCUT2D eigenvalue weighted by atomic mass is 10.0. The van der Waals surface area contributed by atoms with Crippen molar-refractivity contribution >= 4 is 6.09 Å². The molecule has 2 aromatic carbocycles. The molecule has 146 valence electrons. The molecule has 0 spiro atoms. The fourth-order valence-electron chi connectivity index (χ4n) is 2.67. The first kappa shape index (κ1) is 20.7. The van der Waals surface area contributed by atoms with E-state index >= 15 is 0 Å². The maximum atomic E-state index is 12.7. The number of carbonyl (C=O) groups is 1. The highest BCUT2D eigenvalue weighted by Gasteiger charge is 2.30. The van der Waals surface area contributed by atoms with Gasteiger partial charge in [-0.3, -0.25) is 0 Å². The fourth-order valence-corrected chi connectivity index (χ4v) is 2.67. The number of carboxylic acid groups (broad SMARTS) is 1. The Morgan fingerprint density at radius 1 is 1.04 bits per heavy atom. The molecular formula is C19H21F3N2O3. The van der Waals surface area contributed by atoms with Crippen LogP contribution in [-0.2, 0) is 19.1 Å². The molecule has 0 bridgehead atoms. The van der Waals surface area contributed by atoms with E-state index in [2.05, 4.69) is 10.6 Å². The maximum Gasteiger partial charge on any atom is 0.416 e. The van der Waals surface area contributed by atoms with Gasteiger partial charge >= 0.3 is 12.3 Å². The minimum atomic E-state index is -4.41. The summed E-state index contributed by atoms with van der Waals surface area (Å²) in [5, 5.41) is 24.4. The number of alkyl halides is 3. The second-order valence-corrected chi connectivity index (χ2v) is 6.14. The van der Waals surface area contributed by atoms with Gasteiger partial charge in [0.25, 0.3) is 0 Å². The lowest BCUT2D eigenvalue weighted by Gasteiger charge is -2.23. The molecule has 0 aliphatic carbocycles. The predicted molar refractivity (Wildman–Crippen MR) is 94.3 cm³/mol. The third-order valence-electron chi connectivity index (χ3n) is 4.01. The average Bonchev–Trinajstić information content (AvgIpc) is 2.61. The molecule has 5 nitrogen and oxygen atoms in total. The van der Waals surface area contributed by atoms with E-state index in [9.17, 15) is 23.1 Å². The zero-order valence-corrected chi connectivity index (χ0v) is 14.4. The minimum Gasteiger partial charge on any atom is -0.465 e. The van der Waals surface area contributed by atoms with E-state index < -0.39 is 30.0 Å². The number of hydrogen-bond acceptors (Lipinski definition) is 3. The number of aliphatic hydroxyl groups excluding tert-OH is 1. The Hall–Kier alpha value is -2.58. The van der Waals surface area contributed by atoms with Crippen molar-refractivity contribution in [2.45, 2.75) is 31.3 Å². The molecule has 2 aromatic rings. The van der Waals surface area contributed by atoms with Gasteiger partial charge in [-0.15, -0.1) is 0 Å². The van der Waals surface area contributed by atoms with Crippen LogP contribution in [-0.4, -0.2) is 35.0 Å². The van der Waals surface area contributed by atoms with Crippen molar-refractivity contribution in [3.63, 3.8) is 0 Å². The summed E-state index contributed by atoms with van der Waals surface area (Å²) >= 11 is 0. The largest absolute Gasteiger partial charge is 0.465 e. The van der Waals surface area contributed by atoms with Crippen molar-refractivity contribution in [3.05, 3.63) is 71.3 Å². The molecule has 4 N–H and O–H groups in total. The van der Waals surface area contributed by atoms with Crippen LogP contribution in [0.3, 0.4) is 0 Å². The van der Waals surface area contributed by atoms with Gasteiger partial charge < -0.3 is 20.8 Å². The van der Waals surface area contributed by atoms with Crippen molar-refractivity contribution in [2.75, 3.05) is 6.54 Å². The van der Waals surface area contributed by atoms with Gasteiger partial charge in [0.15, 0.2) is 0 Å². The standard InChI is InChI=1S/C19H21F3N2O3/c20-19(21,22)15-8-4-7-14(9-15)11-23-12-17(25)16(24-18(26)27)10-13-5-2-1-3-6-13/h1-9,16-17,23-25H,10-12H2,(H,26,27)/t16-,17-/m0/s1. The highest BCUT2D eigenvalue weighted by atomic mass is 19.4. The zero-order chi connectivity index (χ0) is 19.9. The van der Waals surface area contributed by atoms with Gasteiger partial charge in [-0.05, 0) is 23.6 Å². The maximum absolute atomic E-state index is 12.7. The van der Waals surface area contributed by atoms with E-state index in [1.165, 1.54) is 6.07 Å². The summed E-state index contributed by atoms with van der Waals surface area (Å²) in [5.74, 6) is 0. The van der Waals surface area contributed by atoms with Gasteiger partial charge in [0.05, 0.1) is 17.7 Å². The Kier molecular flexibility index (Phi) is 7.20. The van der Waals surface area contributed by atoms with Crippen molar-refractivity contribution in [3.8, 4) is 0 Å². The quantitative estimate of drug-likeness (QED) is 0.566. The topological polar surface area (TPSA) is 81.6 Å². The summed E-state index contributed by atoms with van der Waals surface area (Å²) in [6, 6.07) is 13.2. The highest BCUT2D eigenvalue weighted by Crippen LogP contribution is 2.29. The van der Waals surface area contributed by atoms with Crippen LogP contribution in [0.1, 0.15) is 16.7 Å². The SMILES string of the molecule is O=C(O)N[C@@H](Cc1ccccc1)[C@@H](O)CNCc1cccc(C(F)(F)F)c1. The van der Waals surface area contributed by atoms with Crippen LogP contribution in [0.2, 0.25) is 0 Å². The van der Waals surface area contributed by atoms with Crippen LogP contribution in [0.4, 0.5) is 18.0 Å². The van der Waals surface area contributed by atoms with Gasteiger partial charge in [-0.25, -0.2) is 4.79 Å². The summed E-state index contributed by atoms with van der Waals surface area (Å²) in [7, 11) is 0. The van der Waals surface area contributed by atoms with Crippen molar-refractivity contribution < 1.29 is 28.2 Å². The molecule has 1 amide bonds. The fraction of sp³-hybridized carbons (Fsp3) is 0.316. The molecule has 27 heavy (non-hydrogen) atoms. The van der Waals surface area contributed by atoms with Crippen LogP contribution in [0, 0.1) is 0 Å². The van der Waals surface area contributed by atoms with Gasteiger partial charge in [0, 0.05) is 13.1 Å². The Bertz CT molecular complexity index is 738. The van der Waals surface area contributed by atoms with Gasteiger partial charge in [0.2, 0.25) is 0 Å².